The van der Waals surface area contributed by atoms with Crippen LogP contribution in [0.1, 0.15) is 5.69 Å². The lowest BCUT2D eigenvalue weighted by Crippen LogP contribution is -2.11. The van der Waals surface area contributed by atoms with E-state index in [9.17, 15) is 21.6 Å². The van der Waals surface area contributed by atoms with E-state index in [1.807, 2.05) is 0 Å². The molecule has 1 rings (SSSR count). The van der Waals surface area contributed by atoms with Crippen LogP contribution >= 0.6 is 0 Å². The minimum atomic E-state index is -4.59. The Morgan fingerprint density at radius 3 is 2.15 bits per heavy atom. The normalized spacial score (nSPS) is 13.2. The van der Waals surface area contributed by atoms with Crippen LogP contribution in [0, 0.1) is 0 Å². The van der Waals surface area contributed by atoms with Crippen molar-refractivity contribution in [1.29, 1.82) is 0 Å². The van der Waals surface area contributed by atoms with Crippen LogP contribution in [0.2, 0.25) is 0 Å². The fourth-order valence-corrected chi connectivity index (χ4v) is 1.21. The first kappa shape index (κ1) is 10.1. The standard InChI is InChI=1S/C5H5F3N2O2S/c6-5(7,8)4-1-3(2-10-4)13(9,11)12/h1-2,10H,(H2,9,11,12). The predicted octanol–water partition coefficient (Wildman–Crippen LogP) is 0.681. The number of H-pyrrole nitrogens is 1. The molecule has 0 aliphatic rings. The number of primary sulfonamides is 1. The highest BCUT2D eigenvalue weighted by molar-refractivity contribution is 7.89. The number of alkyl halides is 3. The summed E-state index contributed by atoms with van der Waals surface area (Å²) in [6.07, 6.45) is -3.90. The van der Waals surface area contributed by atoms with Crippen molar-refractivity contribution in [3.05, 3.63) is 18.0 Å². The maximum atomic E-state index is 11.9. The third-order valence-corrected chi connectivity index (χ3v) is 2.18. The zero-order chi connectivity index (χ0) is 10.3. The number of aromatic nitrogens is 1. The average molecular weight is 214 g/mol. The molecule has 0 atom stereocenters. The van der Waals surface area contributed by atoms with Crippen LogP contribution in [0.5, 0.6) is 0 Å². The second-order valence-electron chi connectivity index (χ2n) is 2.29. The molecule has 4 nitrogen and oxygen atoms in total. The number of halogens is 3. The number of nitrogens with one attached hydrogen (secondary N) is 1. The maximum Gasteiger partial charge on any atom is 0.431 e. The SMILES string of the molecule is NS(=O)(=O)c1c[nH]c(C(F)(F)F)c1. The summed E-state index contributed by atoms with van der Waals surface area (Å²) in [5.41, 5.74) is -1.14. The second kappa shape index (κ2) is 2.74. The van der Waals surface area contributed by atoms with Gasteiger partial charge in [-0.2, -0.15) is 13.2 Å². The largest absolute Gasteiger partial charge is 0.431 e. The van der Waals surface area contributed by atoms with E-state index in [1.54, 1.807) is 4.98 Å². The van der Waals surface area contributed by atoms with Crippen LogP contribution in [-0.2, 0) is 16.2 Å². The van der Waals surface area contributed by atoms with Crippen LogP contribution in [-0.4, -0.2) is 13.4 Å². The fraction of sp³-hybridized carbons (Fsp3) is 0.200. The van der Waals surface area contributed by atoms with Gasteiger partial charge < -0.3 is 4.98 Å². The summed E-state index contributed by atoms with van der Waals surface area (Å²) >= 11 is 0. The van der Waals surface area contributed by atoms with Gasteiger partial charge in [0.15, 0.2) is 0 Å². The Bertz CT molecular complexity index is 406. The van der Waals surface area contributed by atoms with Crippen LogP contribution in [0.15, 0.2) is 17.2 Å². The molecule has 0 unspecified atom stereocenters. The Morgan fingerprint density at radius 1 is 1.38 bits per heavy atom. The molecular formula is C5H5F3N2O2S. The molecule has 1 aromatic heterocycles. The predicted molar refractivity (Wildman–Crippen MR) is 37.2 cm³/mol. The van der Waals surface area contributed by atoms with Crippen molar-refractivity contribution in [2.24, 2.45) is 5.14 Å². The lowest BCUT2D eigenvalue weighted by molar-refractivity contribution is -0.140. The highest BCUT2D eigenvalue weighted by Gasteiger charge is 2.33. The first-order valence-corrected chi connectivity index (χ1v) is 4.54. The molecule has 0 fully saturated rings. The number of rotatable bonds is 1. The van der Waals surface area contributed by atoms with Crippen LogP contribution in [0.4, 0.5) is 13.2 Å². The molecule has 8 heteroatoms. The molecule has 13 heavy (non-hydrogen) atoms. The first-order valence-electron chi connectivity index (χ1n) is 2.99. The molecule has 0 spiro atoms. The summed E-state index contributed by atoms with van der Waals surface area (Å²) in [6, 6.07) is 0.440. The van der Waals surface area contributed by atoms with E-state index in [-0.39, 0.29) is 0 Å². The molecule has 0 aliphatic heterocycles. The molecule has 1 heterocycles. The van der Waals surface area contributed by atoms with E-state index in [1.165, 1.54) is 0 Å². The summed E-state index contributed by atoms with van der Waals surface area (Å²) in [6.45, 7) is 0. The first-order chi connectivity index (χ1) is 5.71. The summed E-state index contributed by atoms with van der Waals surface area (Å²) in [7, 11) is -4.07. The smallest absolute Gasteiger partial charge is 0.356 e. The van der Waals surface area contributed by atoms with Gasteiger partial charge in [0, 0.05) is 6.20 Å². The Kier molecular flexibility index (Phi) is 2.12. The van der Waals surface area contributed by atoms with Gasteiger partial charge in [0.1, 0.15) is 5.69 Å². The molecule has 0 bridgehead atoms. The van der Waals surface area contributed by atoms with Gasteiger partial charge in [0.05, 0.1) is 4.90 Å². The zero-order valence-electron chi connectivity index (χ0n) is 6.09. The molecule has 0 aromatic carbocycles. The number of nitrogens with two attached hydrogens (primary N) is 1. The van der Waals surface area contributed by atoms with Crippen molar-refractivity contribution in [3.63, 3.8) is 0 Å². The number of hydrogen-bond donors (Lipinski definition) is 2. The Balaban J connectivity index is 3.16. The van der Waals surface area contributed by atoms with Crippen molar-refractivity contribution in [1.82, 2.24) is 4.98 Å². The monoisotopic (exact) mass is 214 g/mol. The lowest BCUT2D eigenvalue weighted by Gasteiger charge is -2.00. The van der Waals surface area contributed by atoms with Gasteiger partial charge in [0.25, 0.3) is 0 Å². The van der Waals surface area contributed by atoms with E-state index in [0.717, 1.165) is 0 Å². The summed E-state index contributed by atoms with van der Waals surface area (Å²) in [5, 5.41) is 4.60. The van der Waals surface area contributed by atoms with Crippen molar-refractivity contribution in [2.45, 2.75) is 11.1 Å². The zero-order valence-corrected chi connectivity index (χ0v) is 6.91. The molecule has 0 saturated carbocycles. The molecule has 0 amide bonds. The molecule has 3 N–H and O–H groups in total. The number of hydrogen-bond acceptors (Lipinski definition) is 2. The number of aromatic amines is 1. The molecule has 0 aliphatic carbocycles. The average Bonchev–Trinajstić information content (AvgIpc) is 2.28. The van der Waals surface area contributed by atoms with Gasteiger partial charge in [-0.1, -0.05) is 0 Å². The highest BCUT2D eigenvalue weighted by atomic mass is 32.2. The quantitative estimate of drug-likeness (QED) is 0.721. The van der Waals surface area contributed by atoms with Crippen molar-refractivity contribution in [3.8, 4) is 0 Å². The third kappa shape index (κ3) is 2.22. The Labute approximate surface area is 71.6 Å². The van der Waals surface area contributed by atoms with Crippen molar-refractivity contribution in [2.75, 3.05) is 0 Å². The summed E-state index contributed by atoms with van der Waals surface area (Å²) in [4.78, 5) is 1.18. The van der Waals surface area contributed by atoms with E-state index in [0.29, 0.717) is 12.3 Å². The highest BCUT2D eigenvalue weighted by Crippen LogP contribution is 2.29. The van der Waals surface area contributed by atoms with Crippen LogP contribution < -0.4 is 5.14 Å². The Morgan fingerprint density at radius 2 is 1.92 bits per heavy atom. The lowest BCUT2D eigenvalue weighted by atomic mass is 10.4. The molecular weight excluding hydrogens is 209 g/mol. The van der Waals surface area contributed by atoms with Gasteiger partial charge >= 0.3 is 6.18 Å². The minimum absolute atomic E-state index is 0.440. The van der Waals surface area contributed by atoms with Gasteiger partial charge in [-0.3, -0.25) is 0 Å². The van der Waals surface area contributed by atoms with E-state index >= 15 is 0 Å². The van der Waals surface area contributed by atoms with E-state index in [4.69, 9.17) is 0 Å². The molecule has 0 saturated heterocycles. The van der Waals surface area contributed by atoms with Crippen molar-refractivity contribution >= 4 is 10.0 Å². The topological polar surface area (TPSA) is 76.0 Å². The molecule has 0 radical (unpaired) electrons. The van der Waals surface area contributed by atoms with E-state index in [2.05, 4.69) is 5.14 Å². The van der Waals surface area contributed by atoms with Gasteiger partial charge in [-0.25, -0.2) is 13.6 Å². The number of sulfonamides is 1. The van der Waals surface area contributed by atoms with E-state index < -0.39 is 26.8 Å². The summed E-state index contributed by atoms with van der Waals surface area (Å²) in [5.74, 6) is 0. The minimum Gasteiger partial charge on any atom is -0.356 e. The van der Waals surface area contributed by atoms with Gasteiger partial charge in [-0.05, 0) is 6.07 Å². The Hall–Kier alpha value is -1.02. The maximum absolute atomic E-state index is 11.9. The van der Waals surface area contributed by atoms with Gasteiger partial charge in [0.2, 0.25) is 10.0 Å². The van der Waals surface area contributed by atoms with Crippen molar-refractivity contribution < 1.29 is 21.6 Å². The summed E-state index contributed by atoms with van der Waals surface area (Å²) < 4.78 is 56.9. The van der Waals surface area contributed by atoms with Gasteiger partial charge in [-0.15, -0.1) is 0 Å². The molecule has 74 valence electrons. The molecule has 1 aromatic rings. The third-order valence-electron chi connectivity index (χ3n) is 1.29. The fourth-order valence-electron chi connectivity index (χ4n) is 0.702. The second-order valence-corrected chi connectivity index (χ2v) is 3.85. The van der Waals surface area contributed by atoms with Crippen LogP contribution in [0.3, 0.4) is 0 Å². The van der Waals surface area contributed by atoms with Crippen LogP contribution in [0.25, 0.3) is 0 Å².